The number of aromatic nitrogens is 2. The van der Waals surface area contributed by atoms with Crippen molar-refractivity contribution in [2.45, 2.75) is 52.2 Å². The van der Waals surface area contributed by atoms with Crippen LogP contribution in [0.4, 0.5) is 4.39 Å². The number of amides is 1. The van der Waals surface area contributed by atoms with E-state index in [1.54, 1.807) is 17.9 Å². The number of hydrogen-bond acceptors (Lipinski definition) is 5. The Kier molecular flexibility index (Phi) is 5.43. The third-order valence-electron chi connectivity index (χ3n) is 4.42. The lowest BCUT2D eigenvalue weighted by molar-refractivity contribution is -0.133. The van der Waals surface area contributed by atoms with Crippen molar-refractivity contribution in [2.24, 2.45) is 0 Å². The maximum Gasteiger partial charge on any atom is 0.246 e. The van der Waals surface area contributed by atoms with Gasteiger partial charge in [0.05, 0.1) is 6.04 Å². The SMILES string of the molecule is Cc1ccc(F)c(CNC2CCCCN(Cc3nc(C)no3)C2=O)c1. The van der Waals surface area contributed by atoms with Crippen LogP contribution in [0.1, 0.15) is 42.1 Å². The van der Waals surface area contributed by atoms with E-state index in [1.165, 1.54) is 6.07 Å². The second-order valence-electron chi connectivity index (χ2n) is 6.52. The van der Waals surface area contributed by atoms with Crippen molar-refractivity contribution in [3.8, 4) is 0 Å². The number of carbonyl (C=O) groups is 1. The molecule has 0 saturated carbocycles. The summed E-state index contributed by atoms with van der Waals surface area (Å²) >= 11 is 0. The third-order valence-corrected chi connectivity index (χ3v) is 4.42. The molecule has 2 aromatic rings. The highest BCUT2D eigenvalue weighted by molar-refractivity contribution is 5.82. The minimum Gasteiger partial charge on any atom is -0.337 e. The topological polar surface area (TPSA) is 71.3 Å². The summed E-state index contributed by atoms with van der Waals surface area (Å²) in [6.45, 7) is 4.98. The monoisotopic (exact) mass is 346 g/mol. The number of carbonyl (C=O) groups excluding carboxylic acids is 1. The lowest BCUT2D eigenvalue weighted by Gasteiger charge is -2.23. The zero-order valence-corrected chi connectivity index (χ0v) is 14.6. The summed E-state index contributed by atoms with van der Waals surface area (Å²) in [6, 6.07) is 4.68. The van der Waals surface area contributed by atoms with Crippen molar-refractivity contribution in [2.75, 3.05) is 6.54 Å². The van der Waals surface area contributed by atoms with Crippen molar-refractivity contribution in [1.82, 2.24) is 20.4 Å². The zero-order chi connectivity index (χ0) is 17.8. The van der Waals surface area contributed by atoms with Crippen LogP contribution >= 0.6 is 0 Å². The van der Waals surface area contributed by atoms with Gasteiger partial charge in [-0.15, -0.1) is 0 Å². The average molecular weight is 346 g/mol. The van der Waals surface area contributed by atoms with E-state index in [-0.39, 0.29) is 17.8 Å². The first kappa shape index (κ1) is 17.5. The van der Waals surface area contributed by atoms with Crippen molar-refractivity contribution in [1.29, 1.82) is 0 Å². The minimum absolute atomic E-state index is 0.00131. The van der Waals surface area contributed by atoms with Gasteiger partial charge in [0.2, 0.25) is 11.8 Å². The molecule has 6 nitrogen and oxygen atoms in total. The molecular weight excluding hydrogens is 323 g/mol. The van der Waals surface area contributed by atoms with Gasteiger partial charge in [-0.3, -0.25) is 4.79 Å². The van der Waals surface area contributed by atoms with Crippen LogP contribution in [0.3, 0.4) is 0 Å². The van der Waals surface area contributed by atoms with Gasteiger partial charge < -0.3 is 14.7 Å². The van der Waals surface area contributed by atoms with Gasteiger partial charge in [-0.1, -0.05) is 22.9 Å². The van der Waals surface area contributed by atoms with Crippen LogP contribution in [0, 0.1) is 19.7 Å². The summed E-state index contributed by atoms with van der Waals surface area (Å²) in [5.74, 6) is 0.747. The van der Waals surface area contributed by atoms with Gasteiger partial charge in [-0.05, 0) is 39.2 Å². The fraction of sp³-hybridized carbons (Fsp3) is 0.500. The second-order valence-corrected chi connectivity index (χ2v) is 6.52. The van der Waals surface area contributed by atoms with Gasteiger partial charge in [-0.2, -0.15) is 4.98 Å². The number of benzene rings is 1. The molecule has 25 heavy (non-hydrogen) atoms. The molecule has 1 atom stereocenters. The molecule has 3 rings (SSSR count). The lowest BCUT2D eigenvalue weighted by atomic mass is 10.1. The van der Waals surface area contributed by atoms with Crippen molar-refractivity contribution < 1.29 is 13.7 Å². The van der Waals surface area contributed by atoms with Crippen LogP contribution in [0.25, 0.3) is 0 Å². The standard InChI is InChI=1S/C18H23FN4O2/c1-12-6-7-15(19)14(9-12)10-20-16-5-3-4-8-23(18(16)24)11-17-21-13(2)22-25-17/h6-7,9,16,20H,3-5,8,10-11H2,1-2H3. The number of nitrogens with zero attached hydrogens (tertiary/aromatic N) is 3. The molecule has 1 aliphatic heterocycles. The molecule has 1 saturated heterocycles. The van der Waals surface area contributed by atoms with E-state index in [1.807, 2.05) is 13.0 Å². The Morgan fingerprint density at radius 1 is 1.36 bits per heavy atom. The minimum atomic E-state index is -0.327. The van der Waals surface area contributed by atoms with Crippen LogP contribution in [0.2, 0.25) is 0 Å². The molecule has 0 bridgehead atoms. The van der Waals surface area contributed by atoms with Gasteiger partial charge in [0.15, 0.2) is 5.82 Å². The first-order valence-corrected chi connectivity index (χ1v) is 8.59. The molecule has 1 unspecified atom stereocenters. The summed E-state index contributed by atoms with van der Waals surface area (Å²) < 4.78 is 19.0. The van der Waals surface area contributed by atoms with Gasteiger partial charge >= 0.3 is 0 Å². The average Bonchev–Trinajstić information content (AvgIpc) is 2.91. The molecule has 1 aliphatic rings. The summed E-state index contributed by atoms with van der Waals surface area (Å²) in [7, 11) is 0. The Bertz CT molecular complexity index is 746. The predicted molar refractivity (Wildman–Crippen MR) is 90.1 cm³/mol. The first-order chi connectivity index (χ1) is 12.0. The summed E-state index contributed by atoms with van der Waals surface area (Å²) in [5, 5.41) is 6.98. The normalized spacial score (nSPS) is 18.4. The molecule has 0 radical (unpaired) electrons. The van der Waals surface area contributed by atoms with E-state index in [4.69, 9.17) is 4.52 Å². The molecule has 0 spiro atoms. The zero-order valence-electron chi connectivity index (χ0n) is 14.6. The number of hydrogen-bond donors (Lipinski definition) is 1. The van der Waals surface area contributed by atoms with Crippen molar-refractivity contribution in [3.63, 3.8) is 0 Å². The maximum atomic E-state index is 13.9. The fourth-order valence-corrected chi connectivity index (χ4v) is 3.09. The summed E-state index contributed by atoms with van der Waals surface area (Å²) in [6.07, 6.45) is 2.61. The van der Waals surface area contributed by atoms with E-state index in [0.29, 0.717) is 36.9 Å². The highest BCUT2D eigenvalue weighted by Crippen LogP contribution is 2.16. The van der Waals surface area contributed by atoms with E-state index in [2.05, 4.69) is 15.5 Å². The first-order valence-electron chi connectivity index (χ1n) is 8.59. The van der Waals surface area contributed by atoms with Crippen molar-refractivity contribution >= 4 is 5.91 Å². The molecule has 1 N–H and O–H groups in total. The lowest BCUT2D eigenvalue weighted by Crippen LogP contribution is -2.44. The Labute approximate surface area is 146 Å². The van der Waals surface area contributed by atoms with Crippen LogP contribution < -0.4 is 5.32 Å². The number of nitrogens with one attached hydrogen (secondary N) is 1. The smallest absolute Gasteiger partial charge is 0.246 e. The highest BCUT2D eigenvalue weighted by Gasteiger charge is 2.28. The van der Waals surface area contributed by atoms with Gasteiger partial charge in [0, 0.05) is 18.7 Å². The van der Waals surface area contributed by atoms with E-state index in [9.17, 15) is 9.18 Å². The van der Waals surface area contributed by atoms with Crippen LogP contribution in [0.15, 0.2) is 22.7 Å². The molecule has 1 aromatic heterocycles. The second kappa shape index (κ2) is 7.74. The van der Waals surface area contributed by atoms with Crippen LogP contribution in [-0.4, -0.2) is 33.5 Å². The molecule has 134 valence electrons. The number of rotatable bonds is 5. The molecule has 0 aliphatic carbocycles. The highest BCUT2D eigenvalue weighted by atomic mass is 19.1. The Morgan fingerprint density at radius 2 is 2.20 bits per heavy atom. The molecular formula is C18H23FN4O2. The largest absolute Gasteiger partial charge is 0.337 e. The molecule has 7 heteroatoms. The van der Waals surface area contributed by atoms with E-state index < -0.39 is 0 Å². The molecule has 1 amide bonds. The Hall–Kier alpha value is -2.28. The molecule has 2 heterocycles. The predicted octanol–water partition coefficient (Wildman–Crippen LogP) is 2.50. The summed E-state index contributed by atoms with van der Waals surface area (Å²) in [5.41, 5.74) is 1.58. The fourth-order valence-electron chi connectivity index (χ4n) is 3.09. The Morgan fingerprint density at radius 3 is 2.96 bits per heavy atom. The molecule has 1 aromatic carbocycles. The number of halogens is 1. The van der Waals surface area contributed by atoms with E-state index in [0.717, 1.165) is 24.8 Å². The summed E-state index contributed by atoms with van der Waals surface area (Å²) in [4.78, 5) is 18.7. The maximum absolute atomic E-state index is 13.9. The van der Waals surface area contributed by atoms with Crippen LogP contribution in [-0.2, 0) is 17.9 Å². The van der Waals surface area contributed by atoms with E-state index >= 15 is 0 Å². The van der Waals surface area contributed by atoms with Gasteiger partial charge in [0.25, 0.3) is 0 Å². The van der Waals surface area contributed by atoms with Crippen LogP contribution in [0.5, 0.6) is 0 Å². The third kappa shape index (κ3) is 4.42. The number of likely N-dealkylation sites (tertiary alicyclic amines) is 1. The Balaban J connectivity index is 1.65. The number of aryl methyl sites for hydroxylation is 2. The van der Waals surface area contributed by atoms with Gasteiger partial charge in [-0.25, -0.2) is 4.39 Å². The van der Waals surface area contributed by atoms with Crippen molar-refractivity contribution in [3.05, 3.63) is 46.9 Å². The van der Waals surface area contributed by atoms with Gasteiger partial charge in [0.1, 0.15) is 12.4 Å². The quantitative estimate of drug-likeness (QED) is 0.901. The molecule has 1 fully saturated rings.